The fraction of sp³-hybridized carbons (Fsp3) is 0.167. The SMILES string of the molecule is COc1cccc(O)c1-c1cc(=O)c2c(O)cc(OC)c(OC)c2o1. The molecule has 130 valence electrons. The smallest absolute Gasteiger partial charge is 0.205 e. The first-order valence-electron chi connectivity index (χ1n) is 7.30. The maximum absolute atomic E-state index is 12.5. The van der Waals surface area contributed by atoms with Crippen LogP contribution in [0.3, 0.4) is 0 Å². The summed E-state index contributed by atoms with van der Waals surface area (Å²) >= 11 is 0. The number of benzene rings is 2. The van der Waals surface area contributed by atoms with E-state index in [1.54, 1.807) is 12.1 Å². The van der Waals surface area contributed by atoms with Crippen molar-refractivity contribution in [1.29, 1.82) is 0 Å². The molecule has 3 rings (SSSR count). The first-order valence-corrected chi connectivity index (χ1v) is 7.30. The first kappa shape index (κ1) is 16.5. The van der Waals surface area contributed by atoms with Crippen LogP contribution in [0.5, 0.6) is 28.7 Å². The third kappa shape index (κ3) is 2.59. The highest BCUT2D eigenvalue weighted by Gasteiger charge is 2.22. The Morgan fingerprint density at radius 3 is 2.28 bits per heavy atom. The van der Waals surface area contributed by atoms with Gasteiger partial charge in [0.05, 0.1) is 21.3 Å². The van der Waals surface area contributed by atoms with Crippen molar-refractivity contribution in [2.45, 2.75) is 0 Å². The van der Waals surface area contributed by atoms with Crippen molar-refractivity contribution in [1.82, 2.24) is 0 Å². The van der Waals surface area contributed by atoms with Crippen LogP contribution in [0.1, 0.15) is 0 Å². The molecule has 0 aliphatic heterocycles. The zero-order valence-electron chi connectivity index (χ0n) is 13.8. The molecule has 0 saturated heterocycles. The molecule has 0 amide bonds. The number of phenolic OH excluding ortho intramolecular Hbond substituents is 2. The molecule has 0 saturated carbocycles. The summed E-state index contributed by atoms with van der Waals surface area (Å²) in [6.07, 6.45) is 0. The topological polar surface area (TPSA) is 98.4 Å². The van der Waals surface area contributed by atoms with Crippen molar-refractivity contribution >= 4 is 11.0 Å². The molecule has 2 aromatic carbocycles. The van der Waals surface area contributed by atoms with Crippen LogP contribution >= 0.6 is 0 Å². The van der Waals surface area contributed by atoms with E-state index in [-0.39, 0.29) is 45.3 Å². The van der Waals surface area contributed by atoms with Gasteiger partial charge in [-0.3, -0.25) is 4.79 Å². The second-order valence-electron chi connectivity index (χ2n) is 5.16. The highest BCUT2D eigenvalue weighted by Crippen LogP contribution is 2.43. The highest BCUT2D eigenvalue weighted by atomic mass is 16.5. The van der Waals surface area contributed by atoms with Gasteiger partial charge in [-0.2, -0.15) is 0 Å². The molecule has 0 unspecified atom stereocenters. The largest absolute Gasteiger partial charge is 0.507 e. The van der Waals surface area contributed by atoms with E-state index < -0.39 is 5.43 Å². The zero-order valence-corrected chi connectivity index (χ0v) is 13.8. The van der Waals surface area contributed by atoms with E-state index in [0.717, 1.165) is 0 Å². The second-order valence-corrected chi connectivity index (χ2v) is 5.16. The third-order valence-corrected chi connectivity index (χ3v) is 3.80. The molecule has 1 heterocycles. The van der Waals surface area contributed by atoms with Gasteiger partial charge in [0.25, 0.3) is 0 Å². The Kier molecular flexibility index (Phi) is 4.14. The molecule has 3 aromatic rings. The molecule has 7 nitrogen and oxygen atoms in total. The van der Waals surface area contributed by atoms with Gasteiger partial charge in [-0.1, -0.05) is 6.07 Å². The molecule has 2 N–H and O–H groups in total. The Bertz CT molecular complexity index is 1000. The number of hydrogen-bond acceptors (Lipinski definition) is 7. The first-order chi connectivity index (χ1) is 12.0. The lowest BCUT2D eigenvalue weighted by atomic mass is 10.1. The van der Waals surface area contributed by atoms with Crippen LogP contribution in [0, 0.1) is 0 Å². The van der Waals surface area contributed by atoms with Gasteiger partial charge in [0, 0.05) is 12.1 Å². The van der Waals surface area contributed by atoms with E-state index in [1.807, 2.05) is 0 Å². The normalized spacial score (nSPS) is 10.7. The molecular weight excluding hydrogens is 328 g/mol. The maximum Gasteiger partial charge on any atom is 0.205 e. The summed E-state index contributed by atoms with van der Waals surface area (Å²) in [7, 11) is 4.23. The van der Waals surface area contributed by atoms with Crippen LogP contribution in [-0.4, -0.2) is 31.5 Å². The quantitative estimate of drug-likeness (QED) is 0.751. The Morgan fingerprint density at radius 1 is 0.920 bits per heavy atom. The number of rotatable bonds is 4. The summed E-state index contributed by atoms with van der Waals surface area (Å²) in [5.74, 6) is 0.345. The van der Waals surface area contributed by atoms with Crippen molar-refractivity contribution in [2.75, 3.05) is 21.3 Å². The number of hydrogen-bond donors (Lipinski definition) is 2. The van der Waals surface area contributed by atoms with Crippen molar-refractivity contribution in [3.05, 3.63) is 40.6 Å². The van der Waals surface area contributed by atoms with E-state index in [0.29, 0.717) is 5.75 Å². The monoisotopic (exact) mass is 344 g/mol. The number of phenols is 2. The summed E-state index contributed by atoms with van der Waals surface area (Å²) in [6, 6.07) is 7.12. The van der Waals surface area contributed by atoms with Crippen molar-refractivity contribution in [3.8, 4) is 40.1 Å². The maximum atomic E-state index is 12.5. The summed E-state index contributed by atoms with van der Waals surface area (Å²) in [4.78, 5) is 12.5. The fourth-order valence-electron chi connectivity index (χ4n) is 2.68. The van der Waals surface area contributed by atoms with Crippen LogP contribution < -0.4 is 19.6 Å². The fourth-order valence-corrected chi connectivity index (χ4v) is 2.68. The molecular formula is C18H16O7. The average molecular weight is 344 g/mol. The van der Waals surface area contributed by atoms with Gasteiger partial charge in [-0.25, -0.2) is 0 Å². The van der Waals surface area contributed by atoms with Gasteiger partial charge < -0.3 is 28.8 Å². The van der Waals surface area contributed by atoms with Gasteiger partial charge in [0.15, 0.2) is 16.8 Å². The summed E-state index contributed by atoms with van der Waals surface area (Å²) in [5, 5.41) is 20.3. The van der Waals surface area contributed by atoms with Crippen LogP contribution in [0.15, 0.2) is 39.5 Å². The number of fused-ring (bicyclic) bond motifs is 1. The van der Waals surface area contributed by atoms with E-state index in [1.165, 1.54) is 39.5 Å². The summed E-state index contributed by atoms with van der Waals surface area (Å²) in [5.41, 5.74) is -0.277. The van der Waals surface area contributed by atoms with E-state index >= 15 is 0 Å². The lowest BCUT2D eigenvalue weighted by Gasteiger charge is -2.13. The van der Waals surface area contributed by atoms with Gasteiger partial charge in [0.2, 0.25) is 5.75 Å². The van der Waals surface area contributed by atoms with Crippen LogP contribution in [0.4, 0.5) is 0 Å². The van der Waals surface area contributed by atoms with Gasteiger partial charge in [-0.05, 0) is 12.1 Å². The standard InChI is InChI=1S/C18H16O7/c1-22-12-6-4-5-9(19)16(12)13-7-10(20)15-11(21)8-14(23-2)17(24-3)18(15)25-13/h4-8,19,21H,1-3H3. The molecule has 0 aliphatic carbocycles. The highest BCUT2D eigenvalue weighted by molar-refractivity contribution is 5.92. The predicted molar refractivity (Wildman–Crippen MR) is 90.9 cm³/mol. The predicted octanol–water partition coefficient (Wildman–Crippen LogP) is 2.90. The molecule has 0 aliphatic rings. The lowest BCUT2D eigenvalue weighted by Crippen LogP contribution is -2.03. The molecule has 0 radical (unpaired) electrons. The van der Waals surface area contributed by atoms with E-state index in [9.17, 15) is 15.0 Å². The number of methoxy groups -OCH3 is 3. The Hall–Kier alpha value is -3.35. The Balaban J connectivity index is 2.43. The molecule has 1 aromatic heterocycles. The summed E-state index contributed by atoms with van der Waals surface area (Å²) < 4.78 is 21.5. The van der Waals surface area contributed by atoms with E-state index in [2.05, 4.69) is 0 Å². The zero-order chi connectivity index (χ0) is 18.1. The molecule has 0 bridgehead atoms. The minimum Gasteiger partial charge on any atom is -0.507 e. The van der Waals surface area contributed by atoms with Crippen molar-refractivity contribution < 1.29 is 28.8 Å². The third-order valence-electron chi connectivity index (χ3n) is 3.80. The summed E-state index contributed by atoms with van der Waals surface area (Å²) in [6.45, 7) is 0. The molecule has 0 fully saturated rings. The minimum absolute atomic E-state index is 0.00663. The average Bonchev–Trinajstić information content (AvgIpc) is 2.60. The Morgan fingerprint density at radius 2 is 1.64 bits per heavy atom. The van der Waals surface area contributed by atoms with Gasteiger partial charge >= 0.3 is 0 Å². The molecule has 0 atom stereocenters. The molecule has 7 heteroatoms. The van der Waals surface area contributed by atoms with Gasteiger partial charge in [0.1, 0.15) is 34.0 Å². The van der Waals surface area contributed by atoms with Crippen molar-refractivity contribution in [3.63, 3.8) is 0 Å². The van der Waals surface area contributed by atoms with E-state index in [4.69, 9.17) is 18.6 Å². The minimum atomic E-state index is -0.500. The number of aromatic hydroxyl groups is 2. The van der Waals surface area contributed by atoms with Gasteiger partial charge in [-0.15, -0.1) is 0 Å². The Labute approximate surface area is 142 Å². The van der Waals surface area contributed by atoms with Crippen LogP contribution in [-0.2, 0) is 0 Å². The second kappa shape index (κ2) is 6.27. The van der Waals surface area contributed by atoms with Crippen molar-refractivity contribution in [2.24, 2.45) is 0 Å². The molecule has 0 spiro atoms. The van der Waals surface area contributed by atoms with Crippen LogP contribution in [0.2, 0.25) is 0 Å². The lowest BCUT2D eigenvalue weighted by molar-refractivity contribution is 0.350. The van der Waals surface area contributed by atoms with Crippen LogP contribution in [0.25, 0.3) is 22.3 Å². The number of ether oxygens (including phenoxy) is 3. The molecule has 25 heavy (non-hydrogen) atoms.